The molecule has 0 radical (unpaired) electrons. The molecule has 0 amide bonds. The van der Waals surface area contributed by atoms with Gasteiger partial charge in [-0.3, -0.25) is 4.99 Å². The van der Waals surface area contributed by atoms with E-state index in [2.05, 4.69) is 23.7 Å². The molecular formula is C16H29ClN2O2. The maximum atomic E-state index is 11.1. The second kappa shape index (κ2) is 12.5. The molecule has 0 bridgehead atoms. The molecule has 0 fully saturated rings. The lowest BCUT2D eigenvalue weighted by Gasteiger charge is -2.14. The summed E-state index contributed by atoms with van der Waals surface area (Å²) in [5.74, 6) is -0.815. The van der Waals surface area contributed by atoms with E-state index in [0.717, 1.165) is 25.1 Å². The number of carboxylic acid groups (broad SMARTS) is 1. The Balaban J connectivity index is 0. The summed E-state index contributed by atoms with van der Waals surface area (Å²) in [6.07, 6.45) is 8.39. The molecule has 5 heteroatoms. The van der Waals surface area contributed by atoms with Crippen molar-refractivity contribution in [3.63, 3.8) is 0 Å². The van der Waals surface area contributed by atoms with Crippen LogP contribution in [-0.2, 0) is 4.79 Å². The molecule has 0 aromatic rings. The van der Waals surface area contributed by atoms with Crippen molar-refractivity contribution in [1.82, 2.24) is 4.90 Å². The van der Waals surface area contributed by atoms with Gasteiger partial charge >= 0.3 is 5.97 Å². The summed E-state index contributed by atoms with van der Waals surface area (Å²) in [4.78, 5) is 17.5. The van der Waals surface area contributed by atoms with Crippen LogP contribution in [-0.4, -0.2) is 41.3 Å². The lowest BCUT2D eigenvalue weighted by molar-refractivity contribution is -0.139. The van der Waals surface area contributed by atoms with Gasteiger partial charge in [0.1, 0.15) is 6.04 Å². The van der Waals surface area contributed by atoms with Crippen LogP contribution < -0.4 is 0 Å². The van der Waals surface area contributed by atoms with Crippen LogP contribution in [0.15, 0.2) is 28.9 Å². The van der Waals surface area contributed by atoms with E-state index in [4.69, 9.17) is 5.11 Å². The summed E-state index contributed by atoms with van der Waals surface area (Å²) in [5.41, 5.74) is 0.947. The largest absolute Gasteiger partial charge is 0.480 e. The average Bonchev–Trinajstić information content (AvgIpc) is 2.43. The highest BCUT2D eigenvalue weighted by molar-refractivity contribution is 5.85. The number of aliphatic carboxylic acids is 1. The Morgan fingerprint density at radius 1 is 1.29 bits per heavy atom. The number of aliphatic imine (C=N–C) groups is 1. The normalized spacial score (nSPS) is 15.0. The highest BCUT2D eigenvalue weighted by atomic mass is 35.5. The van der Waals surface area contributed by atoms with Crippen LogP contribution in [0.5, 0.6) is 0 Å². The predicted octanol–water partition coefficient (Wildman–Crippen LogP) is 3.78. The van der Waals surface area contributed by atoms with E-state index in [1.807, 2.05) is 39.1 Å². The first-order chi connectivity index (χ1) is 9.46. The Bertz CT molecular complexity index is 374. The Hall–Kier alpha value is -1.29. The number of nitrogens with zero attached hydrogens (tertiary/aromatic N) is 2. The van der Waals surface area contributed by atoms with E-state index in [9.17, 15) is 4.79 Å². The monoisotopic (exact) mass is 316 g/mol. The first-order valence-electron chi connectivity index (χ1n) is 7.31. The quantitative estimate of drug-likeness (QED) is 0.520. The molecule has 0 aromatic heterocycles. The third kappa shape index (κ3) is 9.29. The van der Waals surface area contributed by atoms with E-state index in [-0.39, 0.29) is 18.3 Å². The summed E-state index contributed by atoms with van der Waals surface area (Å²) in [6.45, 7) is 12.0. The standard InChI is InChI=1S/C16H28N2O2.ClH/c1-6-14(5)15(16(19)20)17-12-13(4)10-9-11-18(7-2)8-3;/h9-12,14-15H,6-8H2,1-5H3,(H,19,20);1H/b11-9+,13-10+,17-12?;/t14-,15-;/m0./s1. The van der Waals surface area contributed by atoms with E-state index < -0.39 is 12.0 Å². The molecule has 2 atom stereocenters. The van der Waals surface area contributed by atoms with Gasteiger partial charge in [-0.25, -0.2) is 4.79 Å². The van der Waals surface area contributed by atoms with Gasteiger partial charge in [-0.1, -0.05) is 26.3 Å². The molecule has 4 nitrogen and oxygen atoms in total. The zero-order valence-corrected chi connectivity index (χ0v) is 14.6. The molecule has 0 unspecified atom stereocenters. The molecule has 0 aromatic carbocycles. The summed E-state index contributed by atoms with van der Waals surface area (Å²) < 4.78 is 0. The molecule has 0 aliphatic rings. The van der Waals surface area contributed by atoms with Crippen molar-refractivity contribution in [1.29, 1.82) is 0 Å². The van der Waals surface area contributed by atoms with Gasteiger partial charge in [-0.2, -0.15) is 0 Å². The third-order valence-corrected chi connectivity index (χ3v) is 3.34. The Labute approximate surface area is 135 Å². The van der Waals surface area contributed by atoms with Crippen LogP contribution in [0, 0.1) is 5.92 Å². The first kappa shape index (κ1) is 22.0. The maximum absolute atomic E-state index is 11.1. The van der Waals surface area contributed by atoms with Crippen LogP contribution in [0.4, 0.5) is 0 Å². The van der Waals surface area contributed by atoms with Gasteiger partial charge in [-0.15, -0.1) is 12.4 Å². The number of carbonyl (C=O) groups is 1. The van der Waals surface area contributed by atoms with Crippen LogP contribution in [0.1, 0.15) is 41.0 Å². The average molecular weight is 317 g/mol. The van der Waals surface area contributed by atoms with Crippen molar-refractivity contribution < 1.29 is 9.90 Å². The highest BCUT2D eigenvalue weighted by Gasteiger charge is 2.21. The fourth-order valence-electron chi connectivity index (χ4n) is 1.67. The minimum Gasteiger partial charge on any atom is -0.480 e. The maximum Gasteiger partial charge on any atom is 0.328 e. The van der Waals surface area contributed by atoms with Crippen molar-refractivity contribution >= 4 is 24.6 Å². The van der Waals surface area contributed by atoms with E-state index in [0.29, 0.717) is 0 Å². The van der Waals surface area contributed by atoms with Crippen molar-refractivity contribution in [2.75, 3.05) is 13.1 Å². The van der Waals surface area contributed by atoms with Crippen molar-refractivity contribution in [2.45, 2.75) is 47.1 Å². The van der Waals surface area contributed by atoms with Gasteiger partial charge in [0.25, 0.3) is 0 Å². The molecule has 0 aliphatic heterocycles. The predicted molar refractivity (Wildman–Crippen MR) is 92.4 cm³/mol. The zero-order chi connectivity index (χ0) is 15.5. The Morgan fingerprint density at radius 2 is 1.86 bits per heavy atom. The van der Waals surface area contributed by atoms with Gasteiger partial charge < -0.3 is 10.0 Å². The van der Waals surface area contributed by atoms with Gasteiger partial charge in [0.15, 0.2) is 0 Å². The molecule has 1 N–H and O–H groups in total. The summed E-state index contributed by atoms with van der Waals surface area (Å²) in [6, 6.07) is -0.657. The fourth-order valence-corrected chi connectivity index (χ4v) is 1.67. The molecule has 0 saturated carbocycles. The van der Waals surface area contributed by atoms with Crippen molar-refractivity contribution in [2.24, 2.45) is 10.9 Å². The van der Waals surface area contributed by atoms with Gasteiger partial charge in [-0.05, 0) is 44.5 Å². The number of allylic oxidation sites excluding steroid dienone is 3. The Kier molecular flexibility index (Phi) is 13.0. The number of hydrogen-bond donors (Lipinski definition) is 1. The smallest absolute Gasteiger partial charge is 0.328 e. The van der Waals surface area contributed by atoms with Crippen LogP contribution in [0.25, 0.3) is 0 Å². The molecular weight excluding hydrogens is 288 g/mol. The summed E-state index contributed by atoms with van der Waals surface area (Å²) in [5, 5.41) is 9.15. The first-order valence-corrected chi connectivity index (χ1v) is 7.31. The van der Waals surface area contributed by atoms with Crippen LogP contribution >= 0.6 is 12.4 Å². The molecule has 21 heavy (non-hydrogen) atoms. The lowest BCUT2D eigenvalue weighted by atomic mass is 10.00. The lowest BCUT2D eigenvalue weighted by Crippen LogP contribution is -2.25. The second-order valence-corrected chi connectivity index (χ2v) is 4.92. The minimum absolute atomic E-state index is 0. The van der Waals surface area contributed by atoms with Crippen molar-refractivity contribution in [3.05, 3.63) is 23.9 Å². The third-order valence-electron chi connectivity index (χ3n) is 3.34. The van der Waals surface area contributed by atoms with Crippen LogP contribution in [0.3, 0.4) is 0 Å². The molecule has 0 rings (SSSR count). The van der Waals surface area contributed by atoms with E-state index in [1.54, 1.807) is 6.21 Å². The zero-order valence-electron chi connectivity index (χ0n) is 13.7. The molecule has 0 heterocycles. The fraction of sp³-hybridized carbons (Fsp3) is 0.625. The number of halogens is 1. The summed E-state index contributed by atoms with van der Waals surface area (Å²) >= 11 is 0. The van der Waals surface area contributed by atoms with Gasteiger partial charge in [0, 0.05) is 19.3 Å². The van der Waals surface area contributed by atoms with E-state index >= 15 is 0 Å². The number of carboxylic acids is 1. The Morgan fingerprint density at radius 3 is 2.29 bits per heavy atom. The SMILES string of the molecule is CC[C@H](C)[C@H](N=C/C(C)=C/C=C/N(CC)CC)C(=O)O.Cl. The number of hydrogen-bond acceptors (Lipinski definition) is 3. The molecule has 0 aliphatic carbocycles. The molecule has 0 saturated heterocycles. The topological polar surface area (TPSA) is 52.9 Å². The summed E-state index contributed by atoms with van der Waals surface area (Å²) in [7, 11) is 0. The second-order valence-electron chi connectivity index (χ2n) is 4.92. The highest BCUT2D eigenvalue weighted by Crippen LogP contribution is 2.11. The molecule has 0 spiro atoms. The van der Waals surface area contributed by atoms with Crippen LogP contribution in [0.2, 0.25) is 0 Å². The minimum atomic E-state index is -0.859. The number of rotatable bonds is 9. The van der Waals surface area contributed by atoms with Crippen molar-refractivity contribution in [3.8, 4) is 0 Å². The van der Waals surface area contributed by atoms with E-state index in [1.165, 1.54) is 0 Å². The van der Waals surface area contributed by atoms with Gasteiger partial charge in [0.2, 0.25) is 0 Å². The molecule has 122 valence electrons. The van der Waals surface area contributed by atoms with Gasteiger partial charge in [0.05, 0.1) is 0 Å².